The van der Waals surface area contributed by atoms with E-state index in [9.17, 15) is 21.2 Å². The van der Waals surface area contributed by atoms with Gasteiger partial charge >= 0.3 is 0 Å². The van der Waals surface area contributed by atoms with Crippen LogP contribution in [-0.4, -0.2) is 65.2 Å². The van der Waals surface area contributed by atoms with E-state index in [-0.39, 0.29) is 22.5 Å². The lowest BCUT2D eigenvalue weighted by molar-refractivity contribution is 0.281. The molecule has 10 heteroatoms. The molecule has 164 valence electrons. The Bertz CT molecular complexity index is 1090. The number of halogens is 2. The number of nitrogens with one attached hydrogen (secondary N) is 1. The van der Waals surface area contributed by atoms with Crippen molar-refractivity contribution in [3.63, 3.8) is 0 Å². The van der Waals surface area contributed by atoms with Crippen LogP contribution in [0.4, 0.5) is 4.39 Å². The minimum Gasteiger partial charge on any atom is -0.310 e. The average molecular weight is 475 g/mol. The van der Waals surface area contributed by atoms with Gasteiger partial charge in [-0.1, -0.05) is 23.7 Å². The zero-order valence-electron chi connectivity index (χ0n) is 16.6. The first-order chi connectivity index (χ1) is 14.0. The van der Waals surface area contributed by atoms with E-state index in [0.717, 1.165) is 5.56 Å². The minimum atomic E-state index is -3.88. The fourth-order valence-corrected chi connectivity index (χ4v) is 8.50. The SMILES string of the molecule is CN(C)C(CN[C@H]1CS(=O)(=O)C[C@@H]1S(=O)(=O)c1ccc(Cl)cc1)c1ccc(F)cc1. The van der Waals surface area contributed by atoms with Crippen molar-refractivity contribution in [2.45, 2.75) is 22.2 Å². The summed E-state index contributed by atoms with van der Waals surface area (Å²) in [7, 11) is -3.69. The van der Waals surface area contributed by atoms with Gasteiger partial charge in [0.05, 0.1) is 21.7 Å². The number of nitrogens with zero attached hydrogens (tertiary/aromatic N) is 1. The molecule has 1 unspecified atom stereocenters. The van der Waals surface area contributed by atoms with Gasteiger partial charge in [-0.2, -0.15) is 0 Å². The Balaban J connectivity index is 1.83. The van der Waals surface area contributed by atoms with Crippen LogP contribution in [-0.2, 0) is 19.7 Å². The van der Waals surface area contributed by atoms with Crippen molar-refractivity contribution in [1.29, 1.82) is 0 Å². The molecule has 1 N–H and O–H groups in total. The number of benzene rings is 2. The Kier molecular flexibility index (Phi) is 6.88. The molecule has 1 aliphatic rings. The van der Waals surface area contributed by atoms with E-state index >= 15 is 0 Å². The smallest absolute Gasteiger partial charge is 0.183 e. The summed E-state index contributed by atoms with van der Waals surface area (Å²) in [5.41, 5.74) is 0.840. The van der Waals surface area contributed by atoms with E-state index in [1.54, 1.807) is 12.1 Å². The van der Waals surface area contributed by atoms with Crippen LogP contribution in [0.2, 0.25) is 5.02 Å². The molecular formula is C20H24ClFN2O4S2. The predicted molar refractivity (Wildman–Crippen MR) is 116 cm³/mol. The third-order valence-corrected chi connectivity index (χ3v) is 9.71. The topological polar surface area (TPSA) is 83.6 Å². The Morgan fingerprint density at radius 1 is 1.10 bits per heavy atom. The summed E-state index contributed by atoms with van der Waals surface area (Å²) in [5.74, 6) is -1.03. The standard InChI is InChI=1S/C20H24ClFN2O4S2/c1-24(2)19(14-3-7-16(22)8-4-14)11-23-18-12-29(25,26)13-20(18)30(27,28)17-9-5-15(21)6-10-17/h3-10,18-20,23H,11-13H2,1-2H3/t18-,19?,20-/m0/s1. The molecule has 1 aliphatic heterocycles. The van der Waals surface area contributed by atoms with Crippen LogP contribution in [0.1, 0.15) is 11.6 Å². The quantitative estimate of drug-likeness (QED) is 0.663. The molecule has 0 saturated carbocycles. The van der Waals surface area contributed by atoms with E-state index in [0.29, 0.717) is 11.6 Å². The van der Waals surface area contributed by atoms with Crippen LogP contribution >= 0.6 is 11.6 Å². The Morgan fingerprint density at radius 2 is 1.70 bits per heavy atom. The molecule has 3 atom stereocenters. The van der Waals surface area contributed by atoms with Crippen LogP contribution in [0.15, 0.2) is 53.4 Å². The highest BCUT2D eigenvalue weighted by Gasteiger charge is 2.45. The third-order valence-electron chi connectivity index (χ3n) is 5.29. The van der Waals surface area contributed by atoms with Gasteiger partial charge in [-0.25, -0.2) is 21.2 Å². The summed E-state index contributed by atoms with van der Waals surface area (Å²) >= 11 is 5.85. The van der Waals surface area contributed by atoms with E-state index in [4.69, 9.17) is 11.6 Å². The highest BCUT2D eigenvalue weighted by atomic mass is 35.5. The second-order valence-electron chi connectivity index (χ2n) is 7.66. The molecule has 0 amide bonds. The number of likely N-dealkylation sites (N-methyl/N-ethyl adjacent to an activating group) is 1. The first kappa shape index (κ1) is 23.1. The molecule has 0 aromatic heterocycles. The third kappa shape index (κ3) is 5.20. The predicted octanol–water partition coefficient (Wildman–Crippen LogP) is 2.31. The molecular weight excluding hydrogens is 451 g/mol. The van der Waals surface area contributed by atoms with Crippen molar-refractivity contribution in [1.82, 2.24) is 10.2 Å². The van der Waals surface area contributed by atoms with Crippen molar-refractivity contribution in [3.8, 4) is 0 Å². The van der Waals surface area contributed by atoms with Crippen molar-refractivity contribution in [2.24, 2.45) is 0 Å². The van der Waals surface area contributed by atoms with Crippen LogP contribution in [0.5, 0.6) is 0 Å². The fraction of sp³-hybridized carbons (Fsp3) is 0.400. The average Bonchev–Trinajstić information content (AvgIpc) is 2.99. The molecule has 1 heterocycles. The molecule has 2 aromatic rings. The zero-order valence-corrected chi connectivity index (χ0v) is 19.0. The van der Waals surface area contributed by atoms with Crippen LogP contribution in [0.25, 0.3) is 0 Å². The maximum atomic E-state index is 13.3. The van der Waals surface area contributed by atoms with E-state index in [1.165, 1.54) is 36.4 Å². The molecule has 3 rings (SSSR count). The lowest BCUT2D eigenvalue weighted by Crippen LogP contribution is -2.46. The number of rotatable bonds is 7. The van der Waals surface area contributed by atoms with Gasteiger partial charge < -0.3 is 10.2 Å². The summed E-state index contributed by atoms with van der Waals surface area (Å²) in [6.45, 7) is 0.311. The van der Waals surface area contributed by atoms with Crippen molar-refractivity contribution < 1.29 is 21.2 Å². The molecule has 0 aliphatic carbocycles. The lowest BCUT2D eigenvalue weighted by Gasteiger charge is -2.28. The summed E-state index contributed by atoms with van der Waals surface area (Å²) in [5, 5.41) is 2.45. The maximum Gasteiger partial charge on any atom is 0.183 e. The van der Waals surface area contributed by atoms with Gasteiger partial charge in [-0.05, 0) is 56.1 Å². The van der Waals surface area contributed by atoms with E-state index in [1.807, 2.05) is 19.0 Å². The summed E-state index contributed by atoms with van der Waals surface area (Å²) in [6, 6.07) is 10.8. The van der Waals surface area contributed by atoms with Gasteiger partial charge in [-0.15, -0.1) is 0 Å². The molecule has 0 radical (unpaired) electrons. The molecule has 2 aromatic carbocycles. The highest BCUT2D eigenvalue weighted by Crippen LogP contribution is 2.27. The van der Waals surface area contributed by atoms with Gasteiger partial charge in [0.25, 0.3) is 0 Å². The monoisotopic (exact) mass is 474 g/mol. The number of hydrogen-bond donors (Lipinski definition) is 1. The molecule has 30 heavy (non-hydrogen) atoms. The van der Waals surface area contributed by atoms with Crippen LogP contribution in [0.3, 0.4) is 0 Å². The Hall–Kier alpha value is -1.52. The molecule has 1 saturated heterocycles. The van der Waals surface area contributed by atoms with E-state index in [2.05, 4.69) is 5.32 Å². The molecule has 0 bridgehead atoms. The first-order valence-corrected chi connectivity index (χ1v) is 13.1. The van der Waals surface area contributed by atoms with Crippen molar-refractivity contribution >= 4 is 31.3 Å². The van der Waals surface area contributed by atoms with Crippen LogP contribution < -0.4 is 5.32 Å². The molecule has 0 spiro atoms. The van der Waals surface area contributed by atoms with Gasteiger partial charge in [-0.3, -0.25) is 0 Å². The highest BCUT2D eigenvalue weighted by molar-refractivity contribution is 7.96. The van der Waals surface area contributed by atoms with Gasteiger partial charge in [0.1, 0.15) is 5.82 Å². The van der Waals surface area contributed by atoms with E-state index < -0.39 is 36.7 Å². The second-order valence-corrected chi connectivity index (χ2v) is 12.4. The molecule has 1 fully saturated rings. The van der Waals surface area contributed by atoms with Crippen molar-refractivity contribution in [2.75, 3.05) is 32.1 Å². The minimum absolute atomic E-state index is 0.0449. The zero-order chi connectivity index (χ0) is 22.1. The second kappa shape index (κ2) is 8.92. The van der Waals surface area contributed by atoms with Gasteiger partial charge in [0.15, 0.2) is 19.7 Å². The number of hydrogen-bond acceptors (Lipinski definition) is 6. The Morgan fingerprint density at radius 3 is 2.27 bits per heavy atom. The van der Waals surface area contributed by atoms with Gasteiger partial charge in [0.2, 0.25) is 0 Å². The lowest BCUT2D eigenvalue weighted by atomic mass is 10.1. The fourth-order valence-electron chi connectivity index (χ4n) is 3.66. The summed E-state index contributed by atoms with van der Waals surface area (Å²) in [4.78, 5) is 1.95. The molecule has 6 nitrogen and oxygen atoms in total. The van der Waals surface area contributed by atoms with Crippen molar-refractivity contribution in [3.05, 3.63) is 64.9 Å². The largest absolute Gasteiger partial charge is 0.310 e. The first-order valence-electron chi connectivity index (χ1n) is 9.35. The van der Waals surface area contributed by atoms with Crippen LogP contribution in [0, 0.1) is 5.82 Å². The maximum absolute atomic E-state index is 13.3. The summed E-state index contributed by atoms with van der Waals surface area (Å²) < 4.78 is 64.1. The van der Waals surface area contributed by atoms with Gasteiger partial charge in [0, 0.05) is 23.7 Å². The summed E-state index contributed by atoms with van der Waals surface area (Å²) in [6.07, 6.45) is 0. The number of sulfone groups is 2. The normalized spacial score (nSPS) is 22.3. The Labute approximate surface area is 181 Å².